The molecule has 21 heavy (non-hydrogen) atoms. The molecule has 0 N–H and O–H groups in total. The molecule has 1 aliphatic carbocycles. The lowest BCUT2D eigenvalue weighted by Gasteiger charge is -2.32. The fourth-order valence-electron chi connectivity index (χ4n) is 3.73. The highest BCUT2D eigenvalue weighted by atomic mass is 16.3. The van der Waals surface area contributed by atoms with Crippen molar-refractivity contribution < 1.29 is 4.42 Å². The largest absolute Gasteiger partial charge is 0.461 e. The molecule has 1 aromatic heterocycles. The van der Waals surface area contributed by atoms with E-state index in [2.05, 4.69) is 36.9 Å². The lowest BCUT2D eigenvalue weighted by molar-refractivity contribution is 0.205. The van der Waals surface area contributed by atoms with Crippen molar-refractivity contribution in [3.05, 3.63) is 35.1 Å². The number of benzene rings is 1. The van der Waals surface area contributed by atoms with Gasteiger partial charge in [-0.3, -0.25) is 0 Å². The first-order valence-electron chi connectivity index (χ1n) is 8.42. The fraction of sp³-hybridized carbons (Fsp3) is 0.579. The fourth-order valence-corrected chi connectivity index (χ4v) is 3.73. The molecule has 2 heterocycles. The Morgan fingerprint density at radius 3 is 2.57 bits per heavy atom. The Morgan fingerprint density at radius 1 is 1.10 bits per heavy atom. The standard InChI is InChI=1S/C19H25NO/c1-13-14(2)21-19-6-5-17(11-18(13)19)16-7-9-20(10-8-16)12-15-3-4-15/h5-6,11,15-16H,3-4,7-10,12H2,1-2H3. The molecule has 0 unspecified atom stereocenters. The second-order valence-corrected chi connectivity index (χ2v) is 7.06. The smallest absolute Gasteiger partial charge is 0.134 e. The highest BCUT2D eigenvalue weighted by molar-refractivity contribution is 5.82. The monoisotopic (exact) mass is 283 g/mol. The van der Waals surface area contributed by atoms with Gasteiger partial charge in [0.1, 0.15) is 11.3 Å². The molecule has 2 fully saturated rings. The Balaban J connectivity index is 1.49. The third kappa shape index (κ3) is 2.62. The number of hydrogen-bond acceptors (Lipinski definition) is 2. The van der Waals surface area contributed by atoms with Gasteiger partial charge in [0.2, 0.25) is 0 Å². The normalized spacial score (nSPS) is 21.2. The van der Waals surface area contributed by atoms with Crippen molar-refractivity contribution in [3.63, 3.8) is 0 Å². The van der Waals surface area contributed by atoms with E-state index in [0.717, 1.165) is 23.2 Å². The van der Waals surface area contributed by atoms with Crippen LogP contribution in [0.5, 0.6) is 0 Å². The van der Waals surface area contributed by atoms with E-state index in [4.69, 9.17) is 4.42 Å². The summed E-state index contributed by atoms with van der Waals surface area (Å²) in [6.45, 7) is 8.14. The SMILES string of the molecule is Cc1oc2ccc(C3CCN(CC4CC4)CC3)cc2c1C. The third-order valence-electron chi connectivity index (χ3n) is 5.47. The van der Waals surface area contributed by atoms with Gasteiger partial charge in [-0.1, -0.05) is 6.07 Å². The lowest BCUT2D eigenvalue weighted by atomic mass is 9.88. The first-order valence-corrected chi connectivity index (χ1v) is 8.42. The van der Waals surface area contributed by atoms with Crippen LogP contribution < -0.4 is 0 Å². The Kier molecular flexibility index (Phi) is 3.30. The zero-order valence-corrected chi connectivity index (χ0v) is 13.2. The Hall–Kier alpha value is -1.28. The predicted octanol–water partition coefficient (Wildman–Crippen LogP) is 4.64. The van der Waals surface area contributed by atoms with Crippen molar-refractivity contribution in [1.29, 1.82) is 0 Å². The summed E-state index contributed by atoms with van der Waals surface area (Å²) in [7, 11) is 0. The van der Waals surface area contributed by atoms with Gasteiger partial charge < -0.3 is 9.32 Å². The van der Waals surface area contributed by atoms with Gasteiger partial charge in [0, 0.05) is 11.9 Å². The molecule has 2 nitrogen and oxygen atoms in total. The first-order chi connectivity index (χ1) is 10.2. The van der Waals surface area contributed by atoms with Gasteiger partial charge in [0.25, 0.3) is 0 Å². The number of piperidine rings is 1. The average Bonchev–Trinajstić information content (AvgIpc) is 3.27. The summed E-state index contributed by atoms with van der Waals surface area (Å²) >= 11 is 0. The number of rotatable bonds is 3. The van der Waals surface area contributed by atoms with Crippen LogP contribution in [0.4, 0.5) is 0 Å². The minimum Gasteiger partial charge on any atom is -0.461 e. The molecule has 1 saturated heterocycles. The molecule has 0 bridgehead atoms. The second kappa shape index (κ2) is 5.17. The van der Waals surface area contributed by atoms with E-state index < -0.39 is 0 Å². The van der Waals surface area contributed by atoms with Crippen molar-refractivity contribution in [2.24, 2.45) is 5.92 Å². The minimum atomic E-state index is 0.736. The molecule has 2 heteroatoms. The van der Waals surface area contributed by atoms with Crippen LogP contribution in [0.2, 0.25) is 0 Å². The summed E-state index contributed by atoms with van der Waals surface area (Å²) < 4.78 is 5.80. The lowest BCUT2D eigenvalue weighted by Crippen LogP contribution is -2.34. The molecule has 4 rings (SSSR count). The molecule has 0 atom stereocenters. The van der Waals surface area contributed by atoms with E-state index in [9.17, 15) is 0 Å². The molecule has 1 aliphatic heterocycles. The number of hydrogen-bond donors (Lipinski definition) is 0. The van der Waals surface area contributed by atoms with Crippen LogP contribution in [0, 0.1) is 19.8 Å². The summed E-state index contributed by atoms with van der Waals surface area (Å²) in [6.07, 6.45) is 5.56. The van der Waals surface area contributed by atoms with Gasteiger partial charge in [-0.05, 0) is 87.7 Å². The molecule has 2 aliphatic rings. The maximum atomic E-state index is 5.80. The van der Waals surface area contributed by atoms with Crippen LogP contribution in [0.1, 0.15) is 48.5 Å². The number of likely N-dealkylation sites (tertiary alicyclic amines) is 1. The van der Waals surface area contributed by atoms with E-state index in [-0.39, 0.29) is 0 Å². The molecule has 0 radical (unpaired) electrons. The van der Waals surface area contributed by atoms with Crippen molar-refractivity contribution >= 4 is 11.0 Å². The maximum Gasteiger partial charge on any atom is 0.134 e. The van der Waals surface area contributed by atoms with Gasteiger partial charge in [0.05, 0.1) is 0 Å². The summed E-state index contributed by atoms with van der Waals surface area (Å²) in [6, 6.07) is 6.83. The molecule has 1 saturated carbocycles. The van der Waals surface area contributed by atoms with Crippen molar-refractivity contribution in [1.82, 2.24) is 4.90 Å². The quantitative estimate of drug-likeness (QED) is 0.816. The van der Waals surface area contributed by atoms with Crippen LogP contribution in [-0.4, -0.2) is 24.5 Å². The average molecular weight is 283 g/mol. The van der Waals surface area contributed by atoms with Crippen LogP contribution in [-0.2, 0) is 0 Å². The van der Waals surface area contributed by atoms with Crippen LogP contribution in [0.15, 0.2) is 22.6 Å². The van der Waals surface area contributed by atoms with E-state index in [1.165, 1.54) is 61.8 Å². The zero-order valence-electron chi connectivity index (χ0n) is 13.2. The molecule has 1 aromatic carbocycles. The first kappa shape index (κ1) is 13.4. The predicted molar refractivity (Wildman–Crippen MR) is 86.8 cm³/mol. The van der Waals surface area contributed by atoms with E-state index >= 15 is 0 Å². The molecular weight excluding hydrogens is 258 g/mol. The van der Waals surface area contributed by atoms with Crippen LogP contribution >= 0.6 is 0 Å². The van der Waals surface area contributed by atoms with Gasteiger partial charge in [0.15, 0.2) is 0 Å². The van der Waals surface area contributed by atoms with E-state index in [1.807, 2.05) is 0 Å². The van der Waals surface area contributed by atoms with Gasteiger partial charge in [-0.15, -0.1) is 0 Å². The zero-order chi connectivity index (χ0) is 14.4. The van der Waals surface area contributed by atoms with Gasteiger partial charge >= 0.3 is 0 Å². The summed E-state index contributed by atoms with van der Waals surface area (Å²) in [4.78, 5) is 2.68. The summed E-state index contributed by atoms with van der Waals surface area (Å²) in [5.74, 6) is 2.82. The molecule has 112 valence electrons. The summed E-state index contributed by atoms with van der Waals surface area (Å²) in [5, 5.41) is 1.31. The maximum absolute atomic E-state index is 5.80. The number of furan rings is 1. The van der Waals surface area contributed by atoms with Gasteiger partial charge in [-0.2, -0.15) is 0 Å². The topological polar surface area (TPSA) is 16.4 Å². The van der Waals surface area contributed by atoms with E-state index in [0.29, 0.717) is 0 Å². The minimum absolute atomic E-state index is 0.736. The molecule has 2 aromatic rings. The summed E-state index contributed by atoms with van der Waals surface area (Å²) in [5.41, 5.74) is 3.86. The Labute approximate surface area is 127 Å². The van der Waals surface area contributed by atoms with E-state index in [1.54, 1.807) is 0 Å². The van der Waals surface area contributed by atoms with Crippen LogP contribution in [0.3, 0.4) is 0 Å². The number of fused-ring (bicyclic) bond motifs is 1. The number of nitrogens with zero attached hydrogens (tertiary/aromatic N) is 1. The third-order valence-corrected chi connectivity index (χ3v) is 5.47. The molecule has 0 amide bonds. The van der Waals surface area contributed by atoms with Crippen molar-refractivity contribution in [2.75, 3.05) is 19.6 Å². The van der Waals surface area contributed by atoms with Crippen molar-refractivity contribution in [3.8, 4) is 0 Å². The van der Waals surface area contributed by atoms with Crippen molar-refractivity contribution in [2.45, 2.75) is 45.4 Å². The molecular formula is C19H25NO. The Bertz CT molecular complexity index is 645. The Morgan fingerprint density at radius 2 is 1.86 bits per heavy atom. The van der Waals surface area contributed by atoms with Crippen LogP contribution in [0.25, 0.3) is 11.0 Å². The molecule has 0 spiro atoms. The number of aryl methyl sites for hydroxylation is 2. The second-order valence-electron chi connectivity index (χ2n) is 7.06. The highest BCUT2D eigenvalue weighted by Crippen LogP contribution is 2.35. The van der Waals surface area contributed by atoms with Gasteiger partial charge in [-0.25, -0.2) is 0 Å². The highest BCUT2D eigenvalue weighted by Gasteiger charge is 2.27.